The van der Waals surface area contributed by atoms with Gasteiger partial charge in [0.2, 0.25) is 5.84 Å². The molecule has 3 rings (SSSR count). The molecule has 0 fully saturated rings. The molecule has 1 N–H and O–H groups in total. The van der Waals surface area contributed by atoms with Gasteiger partial charge in [-0.25, -0.2) is 4.98 Å². The van der Waals surface area contributed by atoms with Crippen LogP contribution in [0, 0.1) is 0 Å². The molecule has 0 amide bonds. The van der Waals surface area contributed by atoms with E-state index in [1.807, 2.05) is 42.5 Å². The van der Waals surface area contributed by atoms with Crippen molar-refractivity contribution >= 4 is 17.3 Å². The Kier molecular flexibility index (Phi) is 7.42. The molecule has 0 bridgehead atoms. The standard InChI is InChI=1S/C22H21F3N6/c1-2-3-7-18-12-10-16(14-26-18)21(30-28-19-8-5-4-6-9-19)31-29-20-13-11-17(15-27-20)22(23,24)25/h4-6,8-15,28H,2-3,7H2,1H3. The third-order valence-corrected chi connectivity index (χ3v) is 4.26. The van der Waals surface area contributed by atoms with Gasteiger partial charge in [0.1, 0.15) is 0 Å². The number of aromatic nitrogens is 2. The van der Waals surface area contributed by atoms with Crippen LogP contribution in [0.5, 0.6) is 0 Å². The van der Waals surface area contributed by atoms with Crippen molar-refractivity contribution in [1.29, 1.82) is 0 Å². The van der Waals surface area contributed by atoms with E-state index in [4.69, 9.17) is 0 Å². The van der Waals surface area contributed by atoms with E-state index < -0.39 is 11.7 Å². The van der Waals surface area contributed by atoms with E-state index >= 15 is 0 Å². The van der Waals surface area contributed by atoms with E-state index in [1.165, 1.54) is 0 Å². The second-order valence-electron chi connectivity index (χ2n) is 6.66. The Hall–Kier alpha value is -3.62. The maximum atomic E-state index is 12.7. The molecule has 6 nitrogen and oxygen atoms in total. The Morgan fingerprint density at radius 3 is 2.39 bits per heavy atom. The Bertz CT molecular complexity index is 1010. The molecule has 0 spiro atoms. The number of anilines is 1. The smallest absolute Gasteiger partial charge is 0.276 e. The Morgan fingerprint density at radius 2 is 1.77 bits per heavy atom. The van der Waals surface area contributed by atoms with Gasteiger partial charge in [-0.15, -0.1) is 10.2 Å². The van der Waals surface area contributed by atoms with Crippen molar-refractivity contribution in [3.05, 3.63) is 83.8 Å². The summed E-state index contributed by atoms with van der Waals surface area (Å²) in [5.74, 6) is 0.257. The Morgan fingerprint density at radius 1 is 0.968 bits per heavy atom. The highest BCUT2D eigenvalue weighted by molar-refractivity contribution is 5.99. The van der Waals surface area contributed by atoms with Crippen molar-refractivity contribution in [2.24, 2.45) is 15.3 Å². The Balaban J connectivity index is 1.84. The van der Waals surface area contributed by atoms with Crippen LogP contribution in [-0.4, -0.2) is 15.8 Å². The van der Waals surface area contributed by atoms with Gasteiger partial charge in [0.25, 0.3) is 0 Å². The summed E-state index contributed by atoms with van der Waals surface area (Å²) in [6, 6.07) is 15.1. The minimum absolute atomic E-state index is 0.0351. The SMILES string of the molecule is CCCCc1ccc(C(N=Nc2ccc(C(F)(F)F)cn2)=NNc2ccccc2)cn1. The third kappa shape index (κ3) is 6.70. The van der Waals surface area contributed by atoms with Crippen LogP contribution in [0.15, 0.2) is 82.3 Å². The number of pyridine rings is 2. The van der Waals surface area contributed by atoms with Gasteiger partial charge in [-0.3, -0.25) is 10.4 Å². The highest BCUT2D eigenvalue weighted by Crippen LogP contribution is 2.29. The van der Waals surface area contributed by atoms with Crippen molar-refractivity contribution in [3.8, 4) is 0 Å². The summed E-state index contributed by atoms with van der Waals surface area (Å²) in [6.07, 6.45) is 0.906. The lowest BCUT2D eigenvalue weighted by molar-refractivity contribution is -0.137. The lowest BCUT2D eigenvalue weighted by Crippen LogP contribution is -2.04. The monoisotopic (exact) mass is 426 g/mol. The molecular weight excluding hydrogens is 405 g/mol. The normalized spacial score (nSPS) is 12.3. The number of amidine groups is 1. The van der Waals surface area contributed by atoms with Crippen molar-refractivity contribution in [1.82, 2.24) is 9.97 Å². The molecule has 2 heterocycles. The number of hydrazone groups is 1. The first-order valence-corrected chi connectivity index (χ1v) is 9.75. The maximum absolute atomic E-state index is 12.7. The number of benzene rings is 1. The second kappa shape index (κ2) is 10.4. The number of para-hydroxylation sites is 1. The topological polar surface area (TPSA) is 74.9 Å². The van der Waals surface area contributed by atoms with E-state index in [0.29, 0.717) is 5.56 Å². The average Bonchev–Trinajstić information content (AvgIpc) is 2.78. The molecule has 0 aliphatic heterocycles. The number of hydrogen-bond acceptors (Lipinski definition) is 5. The third-order valence-electron chi connectivity index (χ3n) is 4.26. The predicted octanol–water partition coefficient (Wildman–Crippen LogP) is 6.40. The molecule has 0 aliphatic carbocycles. The van der Waals surface area contributed by atoms with E-state index in [1.54, 1.807) is 6.20 Å². The fourth-order valence-electron chi connectivity index (χ4n) is 2.55. The first-order chi connectivity index (χ1) is 15.0. The van der Waals surface area contributed by atoms with Crippen LogP contribution in [0.1, 0.15) is 36.6 Å². The highest BCUT2D eigenvalue weighted by atomic mass is 19.4. The average molecular weight is 426 g/mol. The summed E-state index contributed by atoms with van der Waals surface area (Å²) in [5, 5.41) is 12.3. The van der Waals surface area contributed by atoms with Gasteiger partial charge < -0.3 is 0 Å². The number of nitrogens with one attached hydrogen (secondary N) is 1. The van der Waals surface area contributed by atoms with Gasteiger partial charge in [0.05, 0.1) is 11.3 Å². The zero-order valence-electron chi connectivity index (χ0n) is 16.8. The molecular formula is C22H21F3N6. The van der Waals surface area contributed by atoms with Crippen LogP contribution in [-0.2, 0) is 12.6 Å². The minimum atomic E-state index is -4.46. The number of alkyl halides is 3. The van der Waals surface area contributed by atoms with Crippen molar-refractivity contribution in [2.45, 2.75) is 32.4 Å². The number of aryl methyl sites for hydroxylation is 1. The van der Waals surface area contributed by atoms with Crippen LogP contribution >= 0.6 is 0 Å². The minimum Gasteiger partial charge on any atom is -0.276 e. The van der Waals surface area contributed by atoms with Crippen LogP contribution in [0.4, 0.5) is 24.7 Å². The summed E-state index contributed by atoms with van der Waals surface area (Å²) >= 11 is 0. The van der Waals surface area contributed by atoms with E-state index in [9.17, 15) is 13.2 Å². The summed E-state index contributed by atoms with van der Waals surface area (Å²) < 4.78 is 38.1. The van der Waals surface area contributed by atoms with E-state index in [2.05, 4.69) is 37.6 Å². The lowest BCUT2D eigenvalue weighted by Gasteiger charge is -2.05. The number of hydrogen-bond donors (Lipinski definition) is 1. The molecule has 160 valence electrons. The van der Waals surface area contributed by atoms with Crippen LogP contribution in [0.3, 0.4) is 0 Å². The summed E-state index contributed by atoms with van der Waals surface area (Å²) in [6.45, 7) is 2.12. The van der Waals surface area contributed by atoms with Crippen molar-refractivity contribution in [2.75, 3.05) is 5.43 Å². The zero-order chi connectivity index (χ0) is 22.1. The highest BCUT2D eigenvalue weighted by Gasteiger charge is 2.30. The summed E-state index contributed by atoms with van der Waals surface area (Å²) in [4.78, 5) is 8.14. The van der Waals surface area contributed by atoms with Crippen molar-refractivity contribution in [3.63, 3.8) is 0 Å². The van der Waals surface area contributed by atoms with Gasteiger partial charge in [0, 0.05) is 23.7 Å². The molecule has 1 aromatic carbocycles. The number of unbranched alkanes of at least 4 members (excludes halogenated alkanes) is 1. The van der Waals surface area contributed by atoms with E-state index in [-0.39, 0.29) is 11.7 Å². The van der Waals surface area contributed by atoms with Crippen LogP contribution in [0.2, 0.25) is 0 Å². The van der Waals surface area contributed by atoms with Gasteiger partial charge >= 0.3 is 6.18 Å². The predicted molar refractivity (Wildman–Crippen MR) is 113 cm³/mol. The van der Waals surface area contributed by atoms with Gasteiger partial charge in [-0.1, -0.05) is 31.5 Å². The first kappa shape index (κ1) is 22.1. The maximum Gasteiger partial charge on any atom is 0.417 e. The molecule has 31 heavy (non-hydrogen) atoms. The summed E-state index contributed by atoms with van der Waals surface area (Å²) in [5.41, 5.74) is 4.36. The lowest BCUT2D eigenvalue weighted by atomic mass is 10.1. The molecule has 0 atom stereocenters. The zero-order valence-corrected chi connectivity index (χ0v) is 16.8. The van der Waals surface area contributed by atoms with Gasteiger partial charge in [0.15, 0.2) is 5.82 Å². The quantitative estimate of drug-likeness (QED) is 0.206. The Labute approximate surface area is 178 Å². The number of azo groups is 1. The number of halogens is 3. The van der Waals surface area contributed by atoms with Crippen LogP contribution in [0.25, 0.3) is 0 Å². The fraction of sp³-hybridized carbons (Fsp3) is 0.227. The molecule has 0 saturated heterocycles. The molecule has 3 aromatic rings. The first-order valence-electron chi connectivity index (χ1n) is 9.75. The van der Waals surface area contributed by atoms with Crippen molar-refractivity contribution < 1.29 is 13.2 Å². The second-order valence-corrected chi connectivity index (χ2v) is 6.66. The molecule has 0 unspecified atom stereocenters. The number of rotatable bonds is 7. The molecule has 0 radical (unpaired) electrons. The van der Waals surface area contributed by atoms with E-state index in [0.717, 1.165) is 49.0 Å². The van der Waals surface area contributed by atoms with Gasteiger partial charge in [-0.2, -0.15) is 18.3 Å². The summed E-state index contributed by atoms with van der Waals surface area (Å²) in [7, 11) is 0. The van der Waals surface area contributed by atoms with Gasteiger partial charge in [-0.05, 0) is 49.2 Å². The molecule has 9 heteroatoms. The molecule has 0 saturated carbocycles. The fourth-order valence-corrected chi connectivity index (χ4v) is 2.55. The number of nitrogens with zero attached hydrogens (tertiary/aromatic N) is 5. The van der Waals surface area contributed by atoms with Crippen LogP contribution < -0.4 is 5.43 Å². The molecule has 0 aliphatic rings. The largest absolute Gasteiger partial charge is 0.417 e. The molecule has 2 aromatic heterocycles.